The van der Waals surface area contributed by atoms with Crippen LogP contribution >= 0.6 is 15.9 Å². The van der Waals surface area contributed by atoms with E-state index in [1.54, 1.807) is 12.1 Å². The third-order valence-electron chi connectivity index (χ3n) is 2.52. The van der Waals surface area contributed by atoms with Gasteiger partial charge in [0, 0.05) is 24.1 Å². The molecule has 0 amide bonds. The zero-order chi connectivity index (χ0) is 14.5. The minimum atomic E-state index is -3.48. The fourth-order valence-corrected chi connectivity index (χ4v) is 3.58. The van der Waals surface area contributed by atoms with Crippen molar-refractivity contribution in [3.05, 3.63) is 28.2 Å². The molecule has 0 unspecified atom stereocenters. The van der Waals surface area contributed by atoms with Crippen molar-refractivity contribution in [3.8, 4) is 0 Å². The molecule has 0 bridgehead atoms. The van der Waals surface area contributed by atoms with E-state index in [-0.39, 0.29) is 4.90 Å². The summed E-state index contributed by atoms with van der Waals surface area (Å²) in [6.45, 7) is 1.68. The molecule has 0 radical (unpaired) electrons. The molecular weight excluding hydrogens is 330 g/mol. The summed E-state index contributed by atoms with van der Waals surface area (Å²) in [7, 11) is 2.15. The van der Waals surface area contributed by atoms with Crippen molar-refractivity contribution in [3.63, 3.8) is 0 Å². The molecule has 0 aromatic heterocycles. The molecule has 0 aliphatic carbocycles. The average Bonchev–Trinajstić information content (AvgIpc) is 2.31. The second-order valence-electron chi connectivity index (χ2n) is 4.50. The molecule has 0 atom stereocenters. The molecule has 0 aliphatic heterocycles. The highest BCUT2D eigenvalue weighted by Gasteiger charge is 2.17. The van der Waals surface area contributed by atoms with Gasteiger partial charge in [0.25, 0.3) is 0 Å². The number of halogens is 1. The second-order valence-corrected chi connectivity index (χ2v) is 7.09. The number of hydrogen-bond donors (Lipinski definition) is 2. The molecule has 5 nitrogen and oxygen atoms in total. The Hall–Kier alpha value is -0.470. The second kappa shape index (κ2) is 7.35. The van der Waals surface area contributed by atoms with E-state index in [1.165, 1.54) is 0 Å². The Morgan fingerprint density at radius 1 is 1.32 bits per heavy atom. The van der Waals surface area contributed by atoms with Crippen LogP contribution in [0.1, 0.15) is 5.56 Å². The van der Waals surface area contributed by atoms with Gasteiger partial charge in [0.1, 0.15) is 0 Å². The molecule has 0 saturated carbocycles. The van der Waals surface area contributed by atoms with E-state index < -0.39 is 10.0 Å². The van der Waals surface area contributed by atoms with Crippen LogP contribution in [0, 0.1) is 0 Å². The van der Waals surface area contributed by atoms with Gasteiger partial charge < -0.3 is 10.2 Å². The first-order valence-electron chi connectivity index (χ1n) is 5.94. The van der Waals surface area contributed by atoms with Gasteiger partial charge in [-0.3, -0.25) is 0 Å². The minimum Gasteiger partial charge on any atom is -0.316 e. The molecule has 19 heavy (non-hydrogen) atoms. The topological polar surface area (TPSA) is 61.4 Å². The predicted molar refractivity (Wildman–Crippen MR) is 80.6 cm³/mol. The van der Waals surface area contributed by atoms with Crippen LogP contribution in [-0.4, -0.2) is 47.6 Å². The fraction of sp³-hybridized carbons (Fsp3) is 0.500. The molecule has 7 heteroatoms. The van der Waals surface area contributed by atoms with E-state index in [9.17, 15) is 8.42 Å². The molecular formula is C12H20BrN3O2S. The first-order chi connectivity index (χ1) is 8.86. The fourth-order valence-electron chi connectivity index (χ4n) is 1.55. The summed E-state index contributed by atoms with van der Waals surface area (Å²) >= 11 is 3.29. The summed E-state index contributed by atoms with van der Waals surface area (Å²) in [5.41, 5.74) is 0.929. The van der Waals surface area contributed by atoms with Gasteiger partial charge >= 0.3 is 0 Å². The minimum absolute atomic E-state index is 0.277. The molecule has 0 fully saturated rings. The number of benzene rings is 1. The van der Waals surface area contributed by atoms with E-state index in [0.717, 1.165) is 5.56 Å². The zero-order valence-electron chi connectivity index (χ0n) is 11.4. The van der Waals surface area contributed by atoms with Gasteiger partial charge in [-0.2, -0.15) is 0 Å². The van der Waals surface area contributed by atoms with Crippen LogP contribution in [-0.2, 0) is 16.6 Å². The maximum atomic E-state index is 12.2. The largest absolute Gasteiger partial charge is 0.316 e. The van der Waals surface area contributed by atoms with Crippen LogP contribution in [0.15, 0.2) is 27.6 Å². The molecule has 1 aromatic rings. The quantitative estimate of drug-likeness (QED) is 0.771. The van der Waals surface area contributed by atoms with E-state index in [4.69, 9.17) is 0 Å². The maximum Gasteiger partial charge on any atom is 0.241 e. The van der Waals surface area contributed by atoms with Crippen LogP contribution in [0.2, 0.25) is 0 Å². The molecule has 1 aromatic carbocycles. The highest BCUT2D eigenvalue weighted by molar-refractivity contribution is 9.10. The van der Waals surface area contributed by atoms with Crippen LogP contribution in [0.4, 0.5) is 0 Å². The Morgan fingerprint density at radius 2 is 2.00 bits per heavy atom. The van der Waals surface area contributed by atoms with E-state index in [2.05, 4.69) is 26.0 Å². The lowest BCUT2D eigenvalue weighted by molar-refractivity contribution is 0.412. The third kappa shape index (κ3) is 5.19. The van der Waals surface area contributed by atoms with Gasteiger partial charge in [-0.05, 0) is 54.8 Å². The molecule has 1 rings (SSSR count). The van der Waals surface area contributed by atoms with Crippen molar-refractivity contribution in [2.24, 2.45) is 0 Å². The van der Waals surface area contributed by atoms with Gasteiger partial charge in [0.15, 0.2) is 0 Å². The standard InChI is InChI=1S/C12H20BrN3O2S/c1-14-9-10-4-5-11(13)12(8-10)19(17,18)15-6-7-16(2)3/h4-5,8,14-15H,6-7,9H2,1-3H3. The van der Waals surface area contributed by atoms with E-state index in [0.29, 0.717) is 24.1 Å². The zero-order valence-corrected chi connectivity index (χ0v) is 13.8. The number of nitrogens with one attached hydrogen (secondary N) is 2. The number of nitrogens with zero attached hydrogens (tertiary/aromatic N) is 1. The summed E-state index contributed by atoms with van der Waals surface area (Å²) in [6.07, 6.45) is 0. The van der Waals surface area contributed by atoms with Gasteiger partial charge in [-0.25, -0.2) is 13.1 Å². The van der Waals surface area contributed by atoms with Crippen LogP contribution in [0.25, 0.3) is 0 Å². The number of rotatable bonds is 7. The lowest BCUT2D eigenvalue weighted by atomic mass is 10.2. The Balaban J connectivity index is 2.90. The molecule has 0 heterocycles. The Labute approximate surface area is 123 Å². The monoisotopic (exact) mass is 349 g/mol. The van der Waals surface area contributed by atoms with Crippen molar-refractivity contribution in [2.75, 3.05) is 34.2 Å². The first kappa shape index (κ1) is 16.6. The van der Waals surface area contributed by atoms with Gasteiger partial charge in [0.05, 0.1) is 4.90 Å². The molecule has 0 aliphatic rings. The number of likely N-dealkylation sites (N-methyl/N-ethyl adjacent to an activating group) is 1. The molecule has 0 spiro atoms. The highest BCUT2D eigenvalue weighted by Crippen LogP contribution is 2.23. The van der Waals surface area contributed by atoms with E-state index in [1.807, 2.05) is 32.1 Å². The smallest absolute Gasteiger partial charge is 0.241 e. The molecule has 108 valence electrons. The van der Waals surface area contributed by atoms with Crippen molar-refractivity contribution in [1.29, 1.82) is 0 Å². The predicted octanol–water partition coefficient (Wildman–Crippen LogP) is 1.01. The number of hydrogen-bond acceptors (Lipinski definition) is 4. The highest BCUT2D eigenvalue weighted by atomic mass is 79.9. The SMILES string of the molecule is CNCc1ccc(Br)c(S(=O)(=O)NCCN(C)C)c1. The molecule has 2 N–H and O–H groups in total. The van der Waals surface area contributed by atoms with Crippen LogP contribution in [0.5, 0.6) is 0 Å². The average molecular weight is 350 g/mol. The first-order valence-corrected chi connectivity index (χ1v) is 8.22. The summed E-state index contributed by atoms with van der Waals surface area (Å²) in [5, 5.41) is 3.00. The summed E-state index contributed by atoms with van der Waals surface area (Å²) in [4.78, 5) is 2.20. The van der Waals surface area contributed by atoms with Gasteiger partial charge in [-0.15, -0.1) is 0 Å². The van der Waals surface area contributed by atoms with Gasteiger partial charge in [-0.1, -0.05) is 6.07 Å². The Morgan fingerprint density at radius 3 is 2.58 bits per heavy atom. The Bertz CT molecular complexity index is 518. The number of sulfonamides is 1. The lowest BCUT2D eigenvalue weighted by Gasteiger charge is -2.12. The van der Waals surface area contributed by atoms with Crippen LogP contribution in [0.3, 0.4) is 0 Å². The lowest BCUT2D eigenvalue weighted by Crippen LogP contribution is -2.31. The van der Waals surface area contributed by atoms with E-state index >= 15 is 0 Å². The van der Waals surface area contributed by atoms with Crippen molar-refractivity contribution in [1.82, 2.24) is 14.9 Å². The maximum absolute atomic E-state index is 12.2. The van der Waals surface area contributed by atoms with Crippen molar-refractivity contribution < 1.29 is 8.42 Å². The summed E-state index contributed by atoms with van der Waals surface area (Å²) in [6, 6.07) is 5.32. The van der Waals surface area contributed by atoms with Crippen LogP contribution < -0.4 is 10.0 Å². The third-order valence-corrected chi connectivity index (χ3v) is 4.97. The summed E-state index contributed by atoms with van der Waals surface area (Å²) < 4.78 is 27.6. The van der Waals surface area contributed by atoms with Crippen molar-refractivity contribution >= 4 is 26.0 Å². The summed E-state index contributed by atoms with van der Waals surface area (Å²) in [5.74, 6) is 0. The van der Waals surface area contributed by atoms with Crippen molar-refractivity contribution in [2.45, 2.75) is 11.4 Å². The normalized spacial score (nSPS) is 12.1. The van der Waals surface area contributed by atoms with Gasteiger partial charge in [0.2, 0.25) is 10.0 Å². The Kier molecular flexibility index (Phi) is 6.41. The molecule has 0 saturated heterocycles.